The van der Waals surface area contributed by atoms with Crippen LogP contribution in [0.25, 0.3) is 10.9 Å². The zero-order valence-electron chi connectivity index (χ0n) is 15.6. The Bertz CT molecular complexity index is 907. The first-order valence-electron chi connectivity index (χ1n) is 9.40. The fourth-order valence-corrected chi connectivity index (χ4v) is 3.06. The van der Waals surface area contributed by atoms with Crippen molar-refractivity contribution in [2.24, 2.45) is 0 Å². The van der Waals surface area contributed by atoms with Crippen molar-refractivity contribution in [2.75, 3.05) is 13.2 Å². The summed E-state index contributed by atoms with van der Waals surface area (Å²) < 4.78 is 4.94. The van der Waals surface area contributed by atoms with E-state index in [1.165, 1.54) is 24.5 Å². The van der Waals surface area contributed by atoms with Gasteiger partial charge in [0.05, 0.1) is 5.52 Å². The molecule has 1 aliphatic carbocycles. The average Bonchev–Trinajstić information content (AvgIpc) is 2.72. The van der Waals surface area contributed by atoms with Crippen molar-refractivity contribution in [2.45, 2.75) is 32.1 Å². The first kappa shape index (κ1) is 19.5. The van der Waals surface area contributed by atoms with Crippen molar-refractivity contribution >= 4 is 28.8 Å². The van der Waals surface area contributed by atoms with Gasteiger partial charge in [-0.15, -0.1) is 0 Å². The Balaban J connectivity index is 1.39. The van der Waals surface area contributed by atoms with E-state index in [1.807, 2.05) is 18.2 Å². The zero-order valence-corrected chi connectivity index (χ0v) is 15.6. The number of urea groups is 1. The number of carbonyl (C=O) groups is 3. The van der Waals surface area contributed by atoms with Gasteiger partial charge in [0.15, 0.2) is 6.61 Å². The molecule has 3 amide bonds. The standard InChI is InChI=1S/C21H23N3O4/c25-19(24-21(27)22-13-12-15-6-2-1-3-7-15)14-28-20(26)18-11-10-16-8-4-5-9-17(16)23-18/h4-6,8-11H,1-3,7,12-14H2,(H2,22,24,25,27). The molecule has 0 fully saturated rings. The van der Waals surface area contributed by atoms with Crippen LogP contribution < -0.4 is 10.6 Å². The maximum Gasteiger partial charge on any atom is 0.357 e. The van der Waals surface area contributed by atoms with E-state index in [0.29, 0.717) is 12.1 Å². The molecule has 0 saturated heterocycles. The van der Waals surface area contributed by atoms with Gasteiger partial charge in [-0.25, -0.2) is 14.6 Å². The molecule has 1 heterocycles. The molecular formula is C21H23N3O4. The highest BCUT2D eigenvalue weighted by molar-refractivity contribution is 5.97. The van der Waals surface area contributed by atoms with E-state index >= 15 is 0 Å². The number of carbonyl (C=O) groups excluding carboxylic acids is 3. The summed E-state index contributed by atoms with van der Waals surface area (Å²) in [5.74, 6) is -1.41. The summed E-state index contributed by atoms with van der Waals surface area (Å²) in [6.07, 6.45) is 7.57. The second kappa shape index (κ2) is 9.64. The normalized spacial score (nSPS) is 13.5. The number of hydrogen-bond acceptors (Lipinski definition) is 5. The van der Waals surface area contributed by atoms with Gasteiger partial charge in [-0.2, -0.15) is 0 Å². The Hall–Kier alpha value is -3.22. The van der Waals surface area contributed by atoms with Crippen LogP contribution in [0.4, 0.5) is 4.79 Å². The Morgan fingerprint density at radius 1 is 1.07 bits per heavy atom. The third-order valence-corrected chi connectivity index (χ3v) is 4.51. The van der Waals surface area contributed by atoms with Crippen LogP contribution in [-0.2, 0) is 9.53 Å². The van der Waals surface area contributed by atoms with Crippen LogP contribution in [0.3, 0.4) is 0 Å². The van der Waals surface area contributed by atoms with Crippen LogP contribution in [0, 0.1) is 0 Å². The predicted molar refractivity (Wildman–Crippen MR) is 105 cm³/mol. The first-order chi connectivity index (χ1) is 13.6. The molecule has 1 aromatic carbocycles. The molecule has 2 aromatic rings. The van der Waals surface area contributed by atoms with E-state index in [-0.39, 0.29) is 5.69 Å². The minimum atomic E-state index is -0.717. The molecule has 7 heteroatoms. The molecule has 0 saturated carbocycles. The molecule has 28 heavy (non-hydrogen) atoms. The van der Waals surface area contributed by atoms with Crippen LogP contribution in [0.1, 0.15) is 42.6 Å². The number of benzene rings is 1. The minimum Gasteiger partial charge on any atom is -0.451 e. The molecule has 1 aliphatic rings. The molecule has 0 unspecified atom stereocenters. The molecule has 3 rings (SSSR count). The second-order valence-electron chi connectivity index (χ2n) is 6.63. The number of nitrogens with one attached hydrogen (secondary N) is 2. The van der Waals surface area contributed by atoms with Crippen LogP contribution in [0.2, 0.25) is 0 Å². The molecule has 0 radical (unpaired) electrons. The van der Waals surface area contributed by atoms with E-state index in [9.17, 15) is 14.4 Å². The van der Waals surface area contributed by atoms with Gasteiger partial charge in [-0.1, -0.05) is 35.9 Å². The number of allylic oxidation sites excluding steroid dienone is 1. The zero-order chi connectivity index (χ0) is 19.8. The third kappa shape index (κ3) is 5.64. The van der Waals surface area contributed by atoms with Crippen molar-refractivity contribution in [3.05, 3.63) is 53.7 Å². The lowest BCUT2D eigenvalue weighted by molar-refractivity contribution is -0.123. The van der Waals surface area contributed by atoms with Gasteiger partial charge >= 0.3 is 12.0 Å². The van der Waals surface area contributed by atoms with Gasteiger partial charge in [0.2, 0.25) is 0 Å². The number of aromatic nitrogens is 1. The second-order valence-corrected chi connectivity index (χ2v) is 6.63. The van der Waals surface area contributed by atoms with Crippen molar-refractivity contribution in [3.8, 4) is 0 Å². The summed E-state index contributed by atoms with van der Waals surface area (Å²) in [7, 11) is 0. The fourth-order valence-electron chi connectivity index (χ4n) is 3.06. The average molecular weight is 381 g/mol. The van der Waals surface area contributed by atoms with E-state index in [1.54, 1.807) is 12.1 Å². The summed E-state index contributed by atoms with van der Waals surface area (Å²) in [5.41, 5.74) is 2.11. The number of pyridine rings is 1. The summed E-state index contributed by atoms with van der Waals surface area (Å²) in [4.78, 5) is 39.8. The number of fused-ring (bicyclic) bond motifs is 1. The smallest absolute Gasteiger partial charge is 0.357 e. The molecular weight excluding hydrogens is 358 g/mol. The number of para-hydroxylation sites is 1. The molecule has 0 spiro atoms. The van der Waals surface area contributed by atoms with E-state index in [4.69, 9.17) is 4.74 Å². The molecule has 7 nitrogen and oxygen atoms in total. The molecule has 0 bridgehead atoms. The molecule has 0 atom stereocenters. The lowest BCUT2D eigenvalue weighted by Gasteiger charge is -2.13. The maximum absolute atomic E-state index is 12.1. The first-order valence-corrected chi connectivity index (χ1v) is 9.40. The molecule has 146 valence electrons. The van der Waals surface area contributed by atoms with Gasteiger partial charge < -0.3 is 10.1 Å². The van der Waals surface area contributed by atoms with Crippen molar-refractivity contribution < 1.29 is 19.1 Å². The summed E-state index contributed by atoms with van der Waals surface area (Å²) in [5, 5.41) is 5.68. The SMILES string of the molecule is O=C(COC(=O)c1ccc2ccccc2n1)NC(=O)NCCC1=CCCCC1. The van der Waals surface area contributed by atoms with Crippen molar-refractivity contribution in [1.82, 2.24) is 15.6 Å². The van der Waals surface area contributed by atoms with E-state index in [2.05, 4.69) is 21.7 Å². The van der Waals surface area contributed by atoms with Gasteiger partial charge in [-0.05, 0) is 44.2 Å². The Morgan fingerprint density at radius 3 is 2.75 bits per heavy atom. The lowest BCUT2D eigenvalue weighted by Crippen LogP contribution is -2.41. The number of esters is 1. The minimum absolute atomic E-state index is 0.108. The van der Waals surface area contributed by atoms with Gasteiger partial charge in [0, 0.05) is 11.9 Å². The topological polar surface area (TPSA) is 97.4 Å². The molecule has 2 N–H and O–H groups in total. The van der Waals surface area contributed by atoms with Crippen LogP contribution in [-0.4, -0.2) is 36.0 Å². The Kier molecular flexibility index (Phi) is 6.73. The Morgan fingerprint density at radius 2 is 1.93 bits per heavy atom. The van der Waals surface area contributed by atoms with Crippen LogP contribution >= 0.6 is 0 Å². The van der Waals surface area contributed by atoms with E-state index < -0.39 is 24.5 Å². The molecule has 1 aromatic heterocycles. The fraction of sp³-hybridized carbons (Fsp3) is 0.333. The highest BCUT2D eigenvalue weighted by atomic mass is 16.5. The quantitative estimate of drug-likeness (QED) is 0.592. The lowest BCUT2D eigenvalue weighted by atomic mass is 9.97. The predicted octanol–water partition coefficient (Wildman–Crippen LogP) is 3.11. The number of hydrogen-bond donors (Lipinski definition) is 2. The number of nitrogens with zero attached hydrogens (tertiary/aromatic N) is 1. The van der Waals surface area contributed by atoms with Gasteiger partial charge in [0.1, 0.15) is 5.69 Å². The highest BCUT2D eigenvalue weighted by Gasteiger charge is 2.14. The van der Waals surface area contributed by atoms with E-state index in [0.717, 1.165) is 24.6 Å². The highest BCUT2D eigenvalue weighted by Crippen LogP contribution is 2.19. The van der Waals surface area contributed by atoms with Crippen molar-refractivity contribution in [3.63, 3.8) is 0 Å². The number of imide groups is 1. The molecule has 0 aliphatic heterocycles. The maximum atomic E-state index is 12.1. The summed E-state index contributed by atoms with van der Waals surface area (Å²) in [6, 6.07) is 10.1. The Labute approximate surface area is 163 Å². The largest absolute Gasteiger partial charge is 0.451 e. The number of amides is 3. The number of rotatable bonds is 6. The van der Waals surface area contributed by atoms with Crippen molar-refractivity contribution in [1.29, 1.82) is 0 Å². The summed E-state index contributed by atoms with van der Waals surface area (Å²) in [6.45, 7) is -0.0857. The van der Waals surface area contributed by atoms with Gasteiger partial charge in [-0.3, -0.25) is 10.1 Å². The monoisotopic (exact) mass is 381 g/mol. The third-order valence-electron chi connectivity index (χ3n) is 4.51. The van der Waals surface area contributed by atoms with Crippen LogP contribution in [0.15, 0.2) is 48.0 Å². The van der Waals surface area contributed by atoms with Gasteiger partial charge in [0.25, 0.3) is 5.91 Å². The number of ether oxygens (including phenoxy) is 1. The summed E-state index contributed by atoms with van der Waals surface area (Å²) >= 11 is 0. The van der Waals surface area contributed by atoms with Crippen LogP contribution in [0.5, 0.6) is 0 Å².